The van der Waals surface area contributed by atoms with Gasteiger partial charge in [0.15, 0.2) is 0 Å². The van der Waals surface area contributed by atoms with Crippen molar-refractivity contribution in [3.8, 4) is 0 Å². The molecule has 3 heterocycles. The largest absolute Gasteiger partial charge is 0.498 e. The van der Waals surface area contributed by atoms with Crippen LogP contribution in [-0.2, 0) is 14.1 Å². The van der Waals surface area contributed by atoms with Crippen molar-refractivity contribution < 1.29 is 14.1 Å². The third-order valence-electron chi connectivity index (χ3n) is 6.96. The fourth-order valence-electron chi connectivity index (χ4n) is 4.09. The molecule has 0 bridgehead atoms. The molecular formula is C21H32BClN4O3. The van der Waals surface area contributed by atoms with Crippen LogP contribution in [0.4, 0.5) is 5.95 Å². The number of rotatable bonds is 6. The maximum absolute atomic E-state index is 11.8. The fraction of sp³-hybridized carbons (Fsp3) is 0.762. The normalized spacial score (nSPS) is 23.6. The molecule has 4 rings (SSSR count). The first-order valence-corrected chi connectivity index (χ1v) is 11.5. The van der Waals surface area contributed by atoms with E-state index in [9.17, 15) is 4.79 Å². The minimum absolute atomic E-state index is 0.0378. The summed E-state index contributed by atoms with van der Waals surface area (Å²) in [6.45, 7) is 10.7. The SMILES string of the molecule is CC1(C)OB(c2cnc(N(CC3CCN(C(=O)CCl)CC3)C3CC3)nc2)OC1(C)C. The second-order valence-corrected chi connectivity index (χ2v) is 10.0. The molecule has 3 fully saturated rings. The van der Waals surface area contributed by atoms with Crippen molar-refractivity contribution in [2.45, 2.75) is 70.6 Å². The summed E-state index contributed by atoms with van der Waals surface area (Å²) in [5, 5.41) is 0. The van der Waals surface area contributed by atoms with Crippen LogP contribution in [0.15, 0.2) is 12.4 Å². The van der Waals surface area contributed by atoms with Crippen molar-refractivity contribution in [3.63, 3.8) is 0 Å². The Labute approximate surface area is 184 Å². The van der Waals surface area contributed by atoms with Crippen molar-refractivity contribution in [2.24, 2.45) is 5.92 Å². The van der Waals surface area contributed by atoms with Gasteiger partial charge < -0.3 is 19.1 Å². The molecular weight excluding hydrogens is 403 g/mol. The lowest BCUT2D eigenvalue weighted by Crippen LogP contribution is -2.43. The maximum Gasteiger partial charge on any atom is 0.498 e. The molecule has 1 aromatic rings. The van der Waals surface area contributed by atoms with E-state index in [0.29, 0.717) is 12.0 Å². The number of carbonyl (C=O) groups excluding carboxylic acids is 1. The van der Waals surface area contributed by atoms with Gasteiger partial charge >= 0.3 is 7.12 Å². The van der Waals surface area contributed by atoms with Gasteiger partial charge in [0.25, 0.3) is 0 Å². The minimum atomic E-state index is -0.442. The second-order valence-electron chi connectivity index (χ2n) is 9.75. The molecule has 1 saturated carbocycles. The van der Waals surface area contributed by atoms with Crippen LogP contribution >= 0.6 is 11.6 Å². The van der Waals surface area contributed by atoms with E-state index in [2.05, 4.69) is 14.9 Å². The predicted molar refractivity (Wildman–Crippen MR) is 118 cm³/mol. The van der Waals surface area contributed by atoms with E-state index < -0.39 is 7.12 Å². The standard InChI is InChI=1S/C21H32BClN4O3/c1-20(2)21(3,4)30-22(29-20)16-12-24-19(25-13-16)27(17-5-6-17)14-15-7-9-26(10-8-15)18(28)11-23/h12-13,15,17H,5-11,14H2,1-4H3. The third kappa shape index (κ3) is 4.46. The van der Waals surface area contributed by atoms with Gasteiger partial charge in [-0.1, -0.05) is 0 Å². The molecule has 0 unspecified atom stereocenters. The number of hydrogen-bond donors (Lipinski definition) is 0. The van der Waals surface area contributed by atoms with Gasteiger partial charge in [-0.2, -0.15) is 0 Å². The number of likely N-dealkylation sites (tertiary alicyclic amines) is 1. The lowest BCUT2D eigenvalue weighted by molar-refractivity contribution is -0.129. The van der Waals surface area contributed by atoms with Crippen molar-refractivity contribution in [1.29, 1.82) is 0 Å². The van der Waals surface area contributed by atoms with Gasteiger partial charge in [-0.25, -0.2) is 9.97 Å². The molecule has 30 heavy (non-hydrogen) atoms. The first kappa shape index (κ1) is 21.8. The lowest BCUT2D eigenvalue weighted by atomic mass is 9.81. The smallest absolute Gasteiger partial charge is 0.399 e. The topological polar surface area (TPSA) is 67.8 Å². The highest BCUT2D eigenvalue weighted by atomic mass is 35.5. The Kier molecular flexibility index (Phi) is 6.03. The van der Waals surface area contributed by atoms with E-state index in [0.717, 1.165) is 43.9 Å². The number of amides is 1. The Morgan fingerprint density at radius 1 is 1.13 bits per heavy atom. The average Bonchev–Trinajstić information content (AvgIpc) is 3.53. The quantitative estimate of drug-likeness (QED) is 0.505. The van der Waals surface area contributed by atoms with Gasteiger partial charge in [-0.05, 0) is 59.3 Å². The van der Waals surface area contributed by atoms with Gasteiger partial charge in [-0.3, -0.25) is 4.79 Å². The van der Waals surface area contributed by atoms with E-state index >= 15 is 0 Å². The monoisotopic (exact) mass is 434 g/mol. The molecule has 7 nitrogen and oxygen atoms in total. The molecule has 1 aliphatic carbocycles. The average molecular weight is 435 g/mol. The first-order chi connectivity index (χ1) is 14.2. The highest BCUT2D eigenvalue weighted by molar-refractivity contribution is 6.61. The van der Waals surface area contributed by atoms with Crippen LogP contribution in [0.5, 0.6) is 0 Å². The van der Waals surface area contributed by atoms with E-state index in [1.165, 1.54) is 12.8 Å². The van der Waals surface area contributed by atoms with Crippen molar-refractivity contribution >= 4 is 36.0 Å². The highest BCUT2D eigenvalue weighted by Crippen LogP contribution is 2.36. The number of piperidine rings is 1. The van der Waals surface area contributed by atoms with E-state index in [4.69, 9.17) is 20.9 Å². The van der Waals surface area contributed by atoms with E-state index in [1.807, 2.05) is 45.0 Å². The zero-order chi connectivity index (χ0) is 21.5. The zero-order valence-electron chi connectivity index (χ0n) is 18.4. The Balaban J connectivity index is 1.39. The molecule has 0 radical (unpaired) electrons. The van der Waals surface area contributed by atoms with Crippen molar-refractivity contribution in [3.05, 3.63) is 12.4 Å². The van der Waals surface area contributed by atoms with E-state index in [1.54, 1.807) is 0 Å². The summed E-state index contributed by atoms with van der Waals surface area (Å²) in [7, 11) is -0.442. The van der Waals surface area contributed by atoms with Gasteiger partial charge in [0.05, 0.1) is 11.2 Å². The number of aromatic nitrogens is 2. The number of nitrogens with zero attached hydrogens (tertiary/aromatic N) is 4. The first-order valence-electron chi connectivity index (χ1n) is 11.0. The Bertz CT molecular complexity index is 748. The molecule has 9 heteroatoms. The van der Waals surface area contributed by atoms with Gasteiger partial charge in [0.1, 0.15) is 5.88 Å². The maximum atomic E-state index is 11.8. The van der Waals surface area contributed by atoms with Gasteiger partial charge in [-0.15, -0.1) is 11.6 Å². The van der Waals surface area contributed by atoms with Gasteiger partial charge in [0, 0.05) is 43.5 Å². The predicted octanol–water partition coefficient (Wildman–Crippen LogP) is 2.22. The second kappa shape index (κ2) is 8.28. The molecule has 1 amide bonds. The Hall–Kier alpha value is -1.38. The summed E-state index contributed by atoms with van der Waals surface area (Å²) in [4.78, 5) is 25.4. The van der Waals surface area contributed by atoms with Crippen LogP contribution in [-0.4, -0.2) is 70.7 Å². The molecule has 0 N–H and O–H groups in total. The molecule has 0 aromatic carbocycles. The summed E-state index contributed by atoms with van der Waals surface area (Å²) < 4.78 is 12.2. The molecule has 0 atom stereocenters. The molecule has 1 aromatic heterocycles. The van der Waals surface area contributed by atoms with Crippen LogP contribution in [0.2, 0.25) is 0 Å². The van der Waals surface area contributed by atoms with Crippen LogP contribution in [0, 0.1) is 5.92 Å². The molecule has 3 aliphatic rings. The van der Waals surface area contributed by atoms with Crippen LogP contribution in [0.1, 0.15) is 53.4 Å². The van der Waals surface area contributed by atoms with Gasteiger partial charge in [0.2, 0.25) is 11.9 Å². The number of halogens is 1. The Morgan fingerprint density at radius 3 is 2.20 bits per heavy atom. The summed E-state index contributed by atoms with van der Waals surface area (Å²) in [6.07, 6.45) is 8.04. The fourth-order valence-corrected chi connectivity index (χ4v) is 4.26. The zero-order valence-corrected chi connectivity index (χ0v) is 19.2. The summed E-state index contributed by atoms with van der Waals surface area (Å²) >= 11 is 5.69. The Morgan fingerprint density at radius 2 is 1.70 bits per heavy atom. The van der Waals surface area contributed by atoms with Crippen LogP contribution in [0.25, 0.3) is 0 Å². The van der Waals surface area contributed by atoms with Crippen molar-refractivity contribution in [1.82, 2.24) is 14.9 Å². The van der Waals surface area contributed by atoms with E-state index in [-0.39, 0.29) is 23.0 Å². The molecule has 2 saturated heterocycles. The summed E-state index contributed by atoms with van der Waals surface area (Å²) in [5.74, 6) is 1.42. The molecule has 2 aliphatic heterocycles. The number of hydrogen-bond acceptors (Lipinski definition) is 6. The van der Waals surface area contributed by atoms with Crippen LogP contribution < -0.4 is 10.4 Å². The van der Waals surface area contributed by atoms with Crippen molar-refractivity contribution in [2.75, 3.05) is 30.4 Å². The number of alkyl halides is 1. The molecule has 0 spiro atoms. The third-order valence-corrected chi connectivity index (χ3v) is 7.19. The number of anilines is 1. The summed E-state index contributed by atoms with van der Waals surface area (Å²) in [5.41, 5.74) is 0.0904. The minimum Gasteiger partial charge on any atom is -0.399 e. The molecule has 164 valence electrons. The summed E-state index contributed by atoms with van der Waals surface area (Å²) in [6, 6.07) is 0.523. The highest BCUT2D eigenvalue weighted by Gasteiger charge is 2.52. The lowest BCUT2D eigenvalue weighted by Gasteiger charge is -2.35. The van der Waals surface area contributed by atoms with Crippen LogP contribution in [0.3, 0.4) is 0 Å². The number of carbonyl (C=O) groups is 1.